The SMILES string of the molecule is CCOC(=O)c1ccc(N2Cc3ccc(N)cc3C2=O)cc1. The van der Waals surface area contributed by atoms with Crippen molar-refractivity contribution < 1.29 is 14.3 Å². The Morgan fingerprint density at radius 1 is 1.23 bits per heavy atom. The van der Waals surface area contributed by atoms with Crippen molar-refractivity contribution in [1.29, 1.82) is 0 Å². The summed E-state index contributed by atoms with van der Waals surface area (Å²) in [6, 6.07) is 12.2. The van der Waals surface area contributed by atoms with Crippen molar-refractivity contribution in [2.75, 3.05) is 17.2 Å². The number of carbonyl (C=O) groups is 2. The number of hydrogen-bond donors (Lipinski definition) is 1. The molecule has 2 N–H and O–H groups in total. The third-order valence-corrected chi connectivity index (χ3v) is 3.63. The van der Waals surface area contributed by atoms with Crippen LogP contribution in [0.4, 0.5) is 11.4 Å². The highest BCUT2D eigenvalue weighted by Gasteiger charge is 2.28. The van der Waals surface area contributed by atoms with Crippen molar-refractivity contribution in [1.82, 2.24) is 0 Å². The molecule has 0 bridgehead atoms. The van der Waals surface area contributed by atoms with Crippen LogP contribution < -0.4 is 10.6 Å². The molecule has 0 saturated carbocycles. The predicted octanol–water partition coefficient (Wildman–Crippen LogP) is 2.61. The first kappa shape index (κ1) is 14.1. The second-order valence-electron chi connectivity index (χ2n) is 5.08. The minimum atomic E-state index is -0.363. The second kappa shape index (κ2) is 5.52. The number of fused-ring (bicyclic) bond motifs is 1. The largest absolute Gasteiger partial charge is 0.462 e. The van der Waals surface area contributed by atoms with Crippen LogP contribution in [0.2, 0.25) is 0 Å². The summed E-state index contributed by atoms with van der Waals surface area (Å²) in [7, 11) is 0. The van der Waals surface area contributed by atoms with E-state index in [0.29, 0.717) is 30.0 Å². The van der Waals surface area contributed by atoms with E-state index in [2.05, 4.69) is 0 Å². The Balaban J connectivity index is 1.84. The number of amides is 1. The van der Waals surface area contributed by atoms with Crippen LogP contribution in [0.25, 0.3) is 0 Å². The number of anilines is 2. The van der Waals surface area contributed by atoms with E-state index in [1.54, 1.807) is 48.2 Å². The average molecular weight is 296 g/mol. The van der Waals surface area contributed by atoms with Crippen molar-refractivity contribution in [3.8, 4) is 0 Å². The Hall–Kier alpha value is -2.82. The summed E-state index contributed by atoms with van der Waals surface area (Å²) in [4.78, 5) is 25.8. The first-order valence-corrected chi connectivity index (χ1v) is 7.07. The fourth-order valence-electron chi connectivity index (χ4n) is 2.52. The molecule has 5 heteroatoms. The zero-order valence-corrected chi connectivity index (χ0v) is 12.2. The van der Waals surface area contributed by atoms with E-state index in [9.17, 15) is 9.59 Å². The summed E-state index contributed by atoms with van der Waals surface area (Å²) >= 11 is 0. The van der Waals surface area contributed by atoms with Crippen molar-refractivity contribution in [3.63, 3.8) is 0 Å². The van der Waals surface area contributed by atoms with Gasteiger partial charge in [0.25, 0.3) is 5.91 Å². The van der Waals surface area contributed by atoms with Crippen LogP contribution in [0.15, 0.2) is 42.5 Å². The lowest BCUT2D eigenvalue weighted by atomic mass is 10.1. The standard InChI is InChI=1S/C17H16N2O3/c1-2-22-17(21)11-4-7-14(8-5-11)19-10-12-3-6-13(18)9-15(12)16(19)20/h3-9H,2,10,18H2,1H3. The van der Waals surface area contributed by atoms with E-state index < -0.39 is 0 Å². The summed E-state index contributed by atoms with van der Waals surface area (Å²) in [6.45, 7) is 2.60. The lowest BCUT2D eigenvalue weighted by Gasteiger charge is -2.16. The number of nitrogen functional groups attached to an aromatic ring is 1. The smallest absolute Gasteiger partial charge is 0.338 e. The molecule has 0 aliphatic carbocycles. The van der Waals surface area contributed by atoms with Crippen molar-refractivity contribution in [2.45, 2.75) is 13.5 Å². The zero-order chi connectivity index (χ0) is 15.7. The van der Waals surface area contributed by atoms with Gasteiger partial charge in [-0.1, -0.05) is 6.07 Å². The van der Waals surface area contributed by atoms with E-state index in [0.717, 1.165) is 11.3 Å². The molecular formula is C17H16N2O3. The maximum atomic E-state index is 12.4. The molecule has 2 aromatic carbocycles. The van der Waals surface area contributed by atoms with Gasteiger partial charge >= 0.3 is 5.97 Å². The lowest BCUT2D eigenvalue weighted by Crippen LogP contribution is -2.23. The number of hydrogen-bond acceptors (Lipinski definition) is 4. The molecule has 2 aromatic rings. The van der Waals surface area contributed by atoms with Gasteiger partial charge in [0.05, 0.1) is 18.7 Å². The molecule has 0 spiro atoms. The highest BCUT2D eigenvalue weighted by atomic mass is 16.5. The first-order chi connectivity index (χ1) is 10.6. The van der Waals surface area contributed by atoms with Gasteiger partial charge in [-0.2, -0.15) is 0 Å². The molecule has 0 saturated heterocycles. The van der Waals surface area contributed by atoms with Gasteiger partial charge in [-0.05, 0) is 48.9 Å². The number of ether oxygens (including phenoxy) is 1. The van der Waals surface area contributed by atoms with Crippen LogP contribution in [0.5, 0.6) is 0 Å². The third kappa shape index (κ3) is 2.41. The zero-order valence-electron chi connectivity index (χ0n) is 12.2. The van der Waals surface area contributed by atoms with Crippen LogP contribution in [-0.4, -0.2) is 18.5 Å². The number of nitrogens with two attached hydrogens (primary N) is 1. The minimum absolute atomic E-state index is 0.0776. The maximum Gasteiger partial charge on any atom is 0.338 e. The molecule has 5 nitrogen and oxygen atoms in total. The number of esters is 1. The van der Waals surface area contributed by atoms with E-state index in [1.807, 2.05) is 6.07 Å². The van der Waals surface area contributed by atoms with Gasteiger partial charge in [0.15, 0.2) is 0 Å². The molecule has 1 amide bonds. The number of carbonyl (C=O) groups excluding carboxylic acids is 2. The predicted molar refractivity (Wildman–Crippen MR) is 83.8 cm³/mol. The maximum absolute atomic E-state index is 12.4. The molecule has 0 atom stereocenters. The molecule has 112 valence electrons. The Labute approximate surface area is 128 Å². The van der Waals surface area contributed by atoms with Gasteiger partial charge in [-0.3, -0.25) is 4.79 Å². The summed E-state index contributed by atoms with van der Waals surface area (Å²) in [5.41, 5.74) is 9.11. The van der Waals surface area contributed by atoms with Crippen LogP contribution >= 0.6 is 0 Å². The van der Waals surface area contributed by atoms with E-state index >= 15 is 0 Å². The summed E-state index contributed by atoms with van der Waals surface area (Å²) in [5.74, 6) is -0.441. The highest BCUT2D eigenvalue weighted by Crippen LogP contribution is 2.29. The van der Waals surface area contributed by atoms with Gasteiger partial charge in [-0.25, -0.2) is 4.79 Å². The Bertz CT molecular complexity index is 738. The molecule has 0 fully saturated rings. The van der Waals surface area contributed by atoms with Gasteiger partial charge in [0, 0.05) is 16.9 Å². The second-order valence-corrected chi connectivity index (χ2v) is 5.08. The van der Waals surface area contributed by atoms with Gasteiger partial charge < -0.3 is 15.4 Å². The topological polar surface area (TPSA) is 72.6 Å². The molecule has 3 rings (SSSR count). The fraction of sp³-hybridized carbons (Fsp3) is 0.176. The van der Waals surface area contributed by atoms with Crippen LogP contribution in [0.3, 0.4) is 0 Å². The monoisotopic (exact) mass is 296 g/mol. The normalized spacial score (nSPS) is 13.1. The van der Waals surface area contributed by atoms with E-state index in [4.69, 9.17) is 10.5 Å². The fourth-order valence-corrected chi connectivity index (χ4v) is 2.52. The number of rotatable bonds is 3. The highest BCUT2D eigenvalue weighted by molar-refractivity contribution is 6.10. The Morgan fingerprint density at radius 3 is 2.64 bits per heavy atom. The Morgan fingerprint density at radius 2 is 1.95 bits per heavy atom. The quantitative estimate of drug-likeness (QED) is 0.698. The molecular weight excluding hydrogens is 280 g/mol. The van der Waals surface area contributed by atoms with Gasteiger partial charge in [0.1, 0.15) is 0 Å². The Kier molecular flexibility index (Phi) is 3.55. The van der Waals surface area contributed by atoms with Crippen LogP contribution in [-0.2, 0) is 11.3 Å². The van der Waals surface area contributed by atoms with Crippen LogP contribution in [0.1, 0.15) is 33.2 Å². The van der Waals surface area contributed by atoms with E-state index in [1.165, 1.54) is 0 Å². The minimum Gasteiger partial charge on any atom is -0.462 e. The van der Waals surface area contributed by atoms with Crippen LogP contribution in [0, 0.1) is 0 Å². The summed E-state index contributed by atoms with van der Waals surface area (Å²) in [6.07, 6.45) is 0. The summed E-state index contributed by atoms with van der Waals surface area (Å²) in [5, 5.41) is 0. The molecule has 1 aliphatic rings. The van der Waals surface area contributed by atoms with Gasteiger partial charge in [0.2, 0.25) is 0 Å². The van der Waals surface area contributed by atoms with E-state index in [-0.39, 0.29) is 11.9 Å². The van der Waals surface area contributed by atoms with Crippen molar-refractivity contribution in [3.05, 3.63) is 59.2 Å². The lowest BCUT2D eigenvalue weighted by molar-refractivity contribution is 0.0526. The molecule has 1 aliphatic heterocycles. The van der Waals surface area contributed by atoms with Crippen molar-refractivity contribution >= 4 is 23.3 Å². The summed E-state index contributed by atoms with van der Waals surface area (Å²) < 4.78 is 4.94. The van der Waals surface area contributed by atoms with Gasteiger partial charge in [-0.15, -0.1) is 0 Å². The molecule has 0 aromatic heterocycles. The molecule has 22 heavy (non-hydrogen) atoms. The molecule has 0 unspecified atom stereocenters. The average Bonchev–Trinajstić information content (AvgIpc) is 2.84. The first-order valence-electron chi connectivity index (χ1n) is 7.07. The number of nitrogens with zero attached hydrogens (tertiary/aromatic N) is 1. The van der Waals surface area contributed by atoms with Crippen molar-refractivity contribution in [2.24, 2.45) is 0 Å². The molecule has 0 radical (unpaired) electrons. The number of benzene rings is 2. The third-order valence-electron chi connectivity index (χ3n) is 3.63. The molecule has 1 heterocycles.